The Balaban J connectivity index is 1.69. The standard InChI is InChI=1S/C19H29N3O3S/c1-3-20-18(22-9-7-19(14-22)8-10-25-15-19)21-12-16-5-4-6-17(11-16)13-26(2,23)24/h4-6,11H,3,7-10,12-15H2,1-2H3,(H,20,21). The lowest BCUT2D eigenvalue weighted by molar-refractivity contribution is 0.156. The van der Waals surface area contributed by atoms with Gasteiger partial charge in [0, 0.05) is 37.9 Å². The highest BCUT2D eigenvalue weighted by Gasteiger charge is 2.42. The molecule has 0 bridgehead atoms. The molecule has 2 heterocycles. The molecule has 0 radical (unpaired) electrons. The van der Waals surface area contributed by atoms with E-state index in [9.17, 15) is 8.42 Å². The number of ether oxygens (including phenoxy) is 1. The highest BCUT2D eigenvalue weighted by molar-refractivity contribution is 7.89. The molecular formula is C19H29N3O3S. The zero-order valence-electron chi connectivity index (χ0n) is 15.7. The first-order chi connectivity index (χ1) is 12.4. The minimum absolute atomic E-state index is 0.0687. The van der Waals surface area contributed by atoms with Crippen molar-refractivity contribution < 1.29 is 13.2 Å². The number of sulfone groups is 1. The number of hydrogen-bond donors (Lipinski definition) is 1. The van der Waals surface area contributed by atoms with Crippen molar-refractivity contribution in [2.24, 2.45) is 10.4 Å². The van der Waals surface area contributed by atoms with Gasteiger partial charge in [0.15, 0.2) is 15.8 Å². The van der Waals surface area contributed by atoms with E-state index in [0.717, 1.165) is 62.8 Å². The van der Waals surface area contributed by atoms with Crippen LogP contribution >= 0.6 is 0 Å². The summed E-state index contributed by atoms with van der Waals surface area (Å²) in [6.07, 6.45) is 3.55. The third-order valence-electron chi connectivity index (χ3n) is 5.09. The number of aliphatic imine (C=N–C) groups is 1. The van der Waals surface area contributed by atoms with Gasteiger partial charge in [-0.2, -0.15) is 0 Å². The molecule has 1 N–H and O–H groups in total. The van der Waals surface area contributed by atoms with Crippen molar-refractivity contribution in [2.75, 3.05) is 39.1 Å². The number of nitrogens with zero attached hydrogens (tertiary/aromatic N) is 2. The lowest BCUT2D eigenvalue weighted by Gasteiger charge is -2.25. The zero-order chi connectivity index (χ0) is 18.6. The number of hydrogen-bond acceptors (Lipinski definition) is 4. The maximum Gasteiger partial charge on any atom is 0.194 e. The van der Waals surface area contributed by atoms with E-state index < -0.39 is 9.84 Å². The van der Waals surface area contributed by atoms with Crippen LogP contribution in [0.2, 0.25) is 0 Å². The molecule has 1 aromatic carbocycles. The van der Waals surface area contributed by atoms with E-state index in [1.807, 2.05) is 24.3 Å². The van der Waals surface area contributed by atoms with Crippen LogP contribution in [0.25, 0.3) is 0 Å². The molecule has 2 saturated heterocycles. The fourth-order valence-corrected chi connectivity index (χ4v) is 4.58. The summed E-state index contributed by atoms with van der Waals surface area (Å²) in [5.74, 6) is 1.00. The highest BCUT2D eigenvalue weighted by Crippen LogP contribution is 2.38. The minimum atomic E-state index is -3.03. The quantitative estimate of drug-likeness (QED) is 0.624. The number of rotatable bonds is 5. The molecule has 0 amide bonds. The molecule has 2 fully saturated rings. The van der Waals surface area contributed by atoms with Crippen molar-refractivity contribution in [3.63, 3.8) is 0 Å². The summed E-state index contributed by atoms with van der Waals surface area (Å²) >= 11 is 0. The van der Waals surface area contributed by atoms with Crippen LogP contribution < -0.4 is 5.32 Å². The smallest absolute Gasteiger partial charge is 0.194 e. The Kier molecular flexibility index (Phi) is 5.87. The Hall–Kier alpha value is -1.60. The summed E-state index contributed by atoms with van der Waals surface area (Å²) in [5.41, 5.74) is 2.14. The van der Waals surface area contributed by atoms with Gasteiger partial charge < -0.3 is 15.0 Å². The molecule has 1 aromatic rings. The number of guanidine groups is 1. The highest BCUT2D eigenvalue weighted by atomic mass is 32.2. The van der Waals surface area contributed by atoms with Crippen LogP contribution in [0.15, 0.2) is 29.3 Å². The molecule has 26 heavy (non-hydrogen) atoms. The van der Waals surface area contributed by atoms with Gasteiger partial charge >= 0.3 is 0 Å². The molecule has 0 aliphatic carbocycles. The van der Waals surface area contributed by atoms with E-state index in [1.54, 1.807) is 0 Å². The Morgan fingerprint density at radius 1 is 1.35 bits per heavy atom. The molecule has 3 rings (SSSR count). The van der Waals surface area contributed by atoms with E-state index in [-0.39, 0.29) is 5.75 Å². The number of nitrogens with one attached hydrogen (secondary N) is 1. The molecule has 1 unspecified atom stereocenters. The van der Waals surface area contributed by atoms with Gasteiger partial charge in [-0.15, -0.1) is 0 Å². The molecule has 2 aliphatic heterocycles. The third-order valence-corrected chi connectivity index (χ3v) is 5.95. The first kappa shape index (κ1) is 19.2. The molecule has 0 aromatic heterocycles. The van der Waals surface area contributed by atoms with Gasteiger partial charge in [0.05, 0.1) is 18.9 Å². The number of likely N-dealkylation sites (tertiary alicyclic amines) is 1. The van der Waals surface area contributed by atoms with Crippen LogP contribution in [0.4, 0.5) is 0 Å². The second kappa shape index (κ2) is 7.96. The lowest BCUT2D eigenvalue weighted by Crippen LogP contribution is -2.41. The third kappa shape index (κ3) is 4.98. The topological polar surface area (TPSA) is 71.0 Å². The summed E-state index contributed by atoms with van der Waals surface area (Å²) in [4.78, 5) is 7.13. The van der Waals surface area contributed by atoms with Gasteiger partial charge in [0.2, 0.25) is 0 Å². The largest absolute Gasteiger partial charge is 0.381 e. The van der Waals surface area contributed by atoms with Crippen molar-refractivity contribution in [3.8, 4) is 0 Å². The van der Waals surface area contributed by atoms with Crippen molar-refractivity contribution in [1.29, 1.82) is 0 Å². The second-order valence-electron chi connectivity index (χ2n) is 7.53. The van der Waals surface area contributed by atoms with E-state index in [0.29, 0.717) is 12.0 Å². The molecule has 0 saturated carbocycles. The average molecular weight is 380 g/mol. The van der Waals surface area contributed by atoms with Gasteiger partial charge in [-0.25, -0.2) is 13.4 Å². The lowest BCUT2D eigenvalue weighted by atomic mass is 9.87. The van der Waals surface area contributed by atoms with Gasteiger partial charge in [-0.1, -0.05) is 24.3 Å². The van der Waals surface area contributed by atoms with E-state index in [4.69, 9.17) is 9.73 Å². The van der Waals surface area contributed by atoms with Crippen LogP contribution in [0.5, 0.6) is 0 Å². The van der Waals surface area contributed by atoms with Crippen LogP contribution in [0, 0.1) is 5.41 Å². The normalized spacial score (nSPS) is 23.8. The molecule has 2 aliphatic rings. The Morgan fingerprint density at radius 3 is 2.85 bits per heavy atom. The molecule has 144 valence electrons. The van der Waals surface area contributed by atoms with Crippen molar-refractivity contribution in [2.45, 2.75) is 32.1 Å². The van der Waals surface area contributed by atoms with Gasteiger partial charge in [0.1, 0.15) is 0 Å². The van der Waals surface area contributed by atoms with Gasteiger partial charge in [-0.05, 0) is 30.9 Å². The molecule has 7 heteroatoms. The Morgan fingerprint density at radius 2 is 2.15 bits per heavy atom. The summed E-state index contributed by atoms with van der Waals surface area (Å²) < 4.78 is 28.6. The molecule has 1 atom stereocenters. The molecule has 6 nitrogen and oxygen atoms in total. The molecular weight excluding hydrogens is 350 g/mol. The summed E-state index contributed by atoms with van der Waals surface area (Å²) in [6, 6.07) is 7.68. The van der Waals surface area contributed by atoms with Crippen molar-refractivity contribution >= 4 is 15.8 Å². The van der Waals surface area contributed by atoms with E-state index in [1.165, 1.54) is 6.26 Å². The van der Waals surface area contributed by atoms with Crippen LogP contribution in [0.1, 0.15) is 30.9 Å². The first-order valence-electron chi connectivity index (χ1n) is 9.26. The van der Waals surface area contributed by atoms with Crippen molar-refractivity contribution in [1.82, 2.24) is 10.2 Å². The predicted molar refractivity (Wildman–Crippen MR) is 104 cm³/mol. The van der Waals surface area contributed by atoms with E-state index in [2.05, 4.69) is 17.1 Å². The van der Waals surface area contributed by atoms with Crippen molar-refractivity contribution in [3.05, 3.63) is 35.4 Å². The molecule has 1 spiro atoms. The van der Waals surface area contributed by atoms with Crippen LogP contribution in [0.3, 0.4) is 0 Å². The average Bonchev–Trinajstić information content (AvgIpc) is 3.20. The fraction of sp³-hybridized carbons (Fsp3) is 0.632. The maximum atomic E-state index is 11.5. The predicted octanol–water partition coefficient (Wildman–Crippen LogP) is 1.81. The van der Waals surface area contributed by atoms with Crippen LogP contribution in [-0.4, -0.2) is 58.4 Å². The van der Waals surface area contributed by atoms with E-state index >= 15 is 0 Å². The van der Waals surface area contributed by atoms with Gasteiger partial charge in [-0.3, -0.25) is 0 Å². The second-order valence-corrected chi connectivity index (χ2v) is 9.67. The summed E-state index contributed by atoms with van der Waals surface area (Å²) in [5, 5.41) is 3.39. The Bertz CT molecular complexity index is 755. The summed E-state index contributed by atoms with van der Waals surface area (Å²) in [7, 11) is -3.03. The first-order valence-corrected chi connectivity index (χ1v) is 11.3. The minimum Gasteiger partial charge on any atom is -0.381 e. The zero-order valence-corrected chi connectivity index (χ0v) is 16.5. The van der Waals surface area contributed by atoms with Crippen LogP contribution in [-0.2, 0) is 26.9 Å². The van der Waals surface area contributed by atoms with Gasteiger partial charge in [0.25, 0.3) is 0 Å². The SMILES string of the molecule is CCNC(=NCc1cccc(CS(C)(=O)=O)c1)N1CCC2(CCOC2)C1. The monoisotopic (exact) mass is 379 g/mol. The fourth-order valence-electron chi connectivity index (χ4n) is 3.80. The number of benzene rings is 1. The Labute approximate surface area is 156 Å². The maximum absolute atomic E-state index is 11.5. The summed E-state index contributed by atoms with van der Waals surface area (Å²) in [6.45, 7) is 7.17.